The standard InChI is InChI=1S/C8H16N2S/c1-2-3-4-7-5-6-11-8(9)10-7/h7H,2-6H2,1H3,(H2,9,10)/t7-/m1/s1. The highest BCUT2D eigenvalue weighted by Gasteiger charge is 2.12. The highest BCUT2D eigenvalue weighted by Crippen LogP contribution is 2.18. The minimum absolute atomic E-state index is 0.524. The van der Waals surface area contributed by atoms with Gasteiger partial charge >= 0.3 is 0 Å². The monoisotopic (exact) mass is 172 g/mol. The fraction of sp³-hybridized carbons (Fsp3) is 0.875. The molecule has 0 spiro atoms. The van der Waals surface area contributed by atoms with E-state index < -0.39 is 0 Å². The van der Waals surface area contributed by atoms with Crippen molar-refractivity contribution in [2.24, 2.45) is 10.7 Å². The van der Waals surface area contributed by atoms with Crippen LogP contribution >= 0.6 is 11.8 Å². The summed E-state index contributed by atoms with van der Waals surface area (Å²) in [6.45, 7) is 2.21. The van der Waals surface area contributed by atoms with Crippen molar-refractivity contribution in [2.75, 3.05) is 5.75 Å². The zero-order valence-electron chi connectivity index (χ0n) is 7.05. The van der Waals surface area contributed by atoms with Gasteiger partial charge in [0.15, 0.2) is 5.17 Å². The molecule has 3 heteroatoms. The lowest BCUT2D eigenvalue weighted by atomic mass is 10.1. The Bertz CT molecular complexity index is 145. The predicted molar refractivity (Wildman–Crippen MR) is 52.0 cm³/mol. The van der Waals surface area contributed by atoms with Gasteiger partial charge in [0.05, 0.1) is 6.04 Å². The van der Waals surface area contributed by atoms with E-state index in [1.54, 1.807) is 11.8 Å². The number of hydrogen-bond acceptors (Lipinski definition) is 3. The van der Waals surface area contributed by atoms with E-state index in [-0.39, 0.29) is 0 Å². The van der Waals surface area contributed by atoms with Gasteiger partial charge in [-0.25, -0.2) is 0 Å². The van der Waals surface area contributed by atoms with Crippen molar-refractivity contribution in [1.82, 2.24) is 0 Å². The number of unbranched alkanes of at least 4 members (excludes halogenated alkanes) is 1. The Morgan fingerprint density at radius 3 is 3.18 bits per heavy atom. The summed E-state index contributed by atoms with van der Waals surface area (Å²) in [4.78, 5) is 4.38. The van der Waals surface area contributed by atoms with Crippen LogP contribution in [-0.2, 0) is 0 Å². The van der Waals surface area contributed by atoms with Gasteiger partial charge in [-0.1, -0.05) is 31.5 Å². The maximum absolute atomic E-state index is 5.61. The van der Waals surface area contributed by atoms with Crippen molar-refractivity contribution < 1.29 is 0 Å². The van der Waals surface area contributed by atoms with Crippen LogP contribution in [0.4, 0.5) is 0 Å². The van der Waals surface area contributed by atoms with E-state index in [1.807, 2.05) is 0 Å². The first kappa shape index (κ1) is 8.91. The van der Waals surface area contributed by atoms with Gasteiger partial charge in [0.25, 0.3) is 0 Å². The highest BCUT2D eigenvalue weighted by atomic mass is 32.2. The molecule has 0 bridgehead atoms. The summed E-state index contributed by atoms with van der Waals surface area (Å²) in [6, 6.07) is 0.524. The van der Waals surface area contributed by atoms with Crippen molar-refractivity contribution in [3.05, 3.63) is 0 Å². The summed E-state index contributed by atoms with van der Waals surface area (Å²) in [5.74, 6) is 1.16. The van der Waals surface area contributed by atoms with Crippen LogP contribution in [0.3, 0.4) is 0 Å². The molecule has 1 aliphatic rings. The summed E-state index contributed by atoms with van der Waals surface area (Å²) in [7, 11) is 0. The third kappa shape index (κ3) is 3.14. The molecule has 0 aromatic heterocycles. The molecule has 2 N–H and O–H groups in total. The van der Waals surface area contributed by atoms with E-state index in [0.717, 1.165) is 10.9 Å². The van der Waals surface area contributed by atoms with Crippen LogP contribution in [0.25, 0.3) is 0 Å². The van der Waals surface area contributed by atoms with Gasteiger partial charge in [-0.3, -0.25) is 4.99 Å². The van der Waals surface area contributed by atoms with Crippen LogP contribution in [0.5, 0.6) is 0 Å². The predicted octanol–water partition coefficient (Wildman–Crippen LogP) is 2.00. The van der Waals surface area contributed by atoms with Gasteiger partial charge in [-0.2, -0.15) is 0 Å². The normalized spacial score (nSPS) is 24.8. The molecule has 0 aliphatic carbocycles. The zero-order chi connectivity index (χ0) is 8.10. The van der Waals surface area contributed by atoms with Crippen molar-refractivity contribution in [3.63, 3.8) is 0 Å². The van der Waals surface area contributed by atoms with E-state index in [2.05, 4.69) is 11.9 Å². The van der Waals surface area contributed by atoms with Crippen molar-refractivity contribution >= 4 is 16.9 Å². The average molecular weight is 172 g/mol. The van der Waals surface area contributed by atoms with E-state index in [1.165, 1.54) is 25.7 Å². The fourth-order valence-electron chi connectivity index (χ4n) is 1.23. The summed E-state index contributed by atoms with van der Waals surface area (Å²) >= 11 is 1.68. The SMILES string of the molecule is CCCC[C@@H]1CCSC(N)=N1. The second-order valence-corrected chi connectivity index (χ2v) is 4.02. The minimum atomic E-state index is 0.524. The Balaban J connectivity index is 2.28. The topological polar surface area (TPSA) is 38.4 Å². The first-order valence-electron chi connectivity index (χ1n) is 4.29. The van der Waals surface area contributed by atoms with Gasteiger partial charge in [0, 0.05) is 5.75 Å². The zero-order valence-corrected chi connectivity index (χ0v) is 7.86. The second-order valence-electron chi connectivity index (χ2n) is 2.90. The molecule has 0 amide bonds. The molecular formula is C8H16N2S. The number of aliphatic imine (C=N–C) groups is 1. The van der Waals surface area contributed by atoms with Gasteiger partial charge in [0.2, 0.25) is 0 Å². The summed E-state index contributed by atoms with van der Waals surface area (Å²) < 4.78 is 0. The number of nitrogens with zero attached hydrogens (tertiary/aromatic N) is 1. The molecule has 11 heavy (non-hydrogen) atoms. The molecule has 64 valence electrons. The van der Waals surface area contributed by atoms with Crippen molar-refractivity contribution in [2.45, 2.75) is 38.6 Å². The van der Waals surface area contributed by atoms with Crippen LogP contribution in [0.15, 0.2) is 4.99 Å². The molecular weight excluding hydrogens is 156 g/mol. The van der Waals surface area contributed by atoms with Crippen LogP contribution in [0.1, 0.15) is 32.6 Å². The lowest BCUT2D eigenvalue weighted by molar-refractivity contribution is 0.566. The lowest BCUT2D eigenvalue weighted by Crippen LogP contribution is -2.20. The summed E-state index contributed by atoms with van der Waals surface area (Å²) in [5, 5.41) is 0.789. The number of thioether (sulfide) groups is 1. The van der Waals surface area contributed by atoms with Gasteiger partial charge in [0.1, 0.15) is 0 Å². The Kier molecular flexibility index (Phi) is 3.77. The van der Waals surface area contributed by atoms with Crippen LogP contribution in [-0.4, -0.2) is 17.0 Å². The third-order valence-corrected chi connectivity index (χ3v) is 2.74. The van der Waals surface area contributed by atoms with Crippen LogP contribution < -0.4 is 5.73 Å². The fourth-order valence-corrected chi connectivity index (χ4v) is 2.05. The maximum Gasteiger partial charge on any atom is 0.154 e. The minimum Gasteiger partial charge on any atom is -0.379 e. The number of hydrogen-bond donors (Lipinski definition) is 1. The highest BCUT2D eigenvalue weighted by molar-refractivity contribution is 8.13. The molecule has 0 fully saturated rings. The molecule has 0 saturated heterocycles. The molecule has 1 aliphatic heterocycles. The summed E-state index contributed by atoms with van der Waals surface area (Å²) in [5.41, 5.74) is 5.61. The molecule has 0 saturated carbocycles. The van der Waals surface area contributed by atoms with Crippen molar-refractivity contribution in [1.29, 1.82) is 0 Å². The Morgan fingerprint density at radius 2 is 2.55 bits per heavy atom. The van der Waals surface area contributed by atoms with E-state index in [9.17, 15) is 0 Å². The van der Waals surface area contributed by atoms with Crippen LogP contribution in [0, 0.1) is 0 Å². The van der Waals surface area contributed by atoms with Gasteiger partial charge < -0.3 is 5.73 Å². The second kappa shape index (κ2) is 4.65. The Hall–Kier alpha value is -0.180. The Morgan fingerprint density at radius 1 is 1.73 bits per heavy atom. The molecule has 1 rings (SSSR count). The van der Waals surface area contributed by atoms with E-state index in [0.29, 0.717) is 6.04 Å². The number of nitrogens with two attached hydrogens (primary N) is 1. The molecule has 0 radical (unpaired) electrons. The van der Waals surface area contributed by atoms with Gasteiger partial charge in [-0.15, -0.1) is 0 Å². The largest absolute Gasteiger partial charge is 0.379 e. The summed E-state index contributed by atoms with van der Waals surface area (Å²) in [6.07, 6.45) is 4.98. The average Bonchev–Trinajstić information content (AvgIpc) is 2.01. The maximum atomic E-state index is 5.61. The third-order valence-electron chi connectivity index (χ3n) is 1.90. The molecule has 0 aromatic rings. The number of rotatable bonds is 3. The molecule has 1 atom stereocenters. The quantitative estimate of drug-likeness (QED) is 0.707. The van der Waals surface area contributed by atoms with E-state index in [4.69, 9.17) is 5.73 Å². The smallest absolute Gasteiger partial charge is 0.154 e. The molecule has 0 aromatic carbocycles. The Labute approximate surface area is 72.6 Å². The molecule has 2 nitrogen and oxygen atoms in total. The van der Waals surface area contributed by atoms with E-state index >= 15 is 0 Å². The van der Waals surface area contributed by atoms with Gasteiger partial charge in [-0.05, 0) is 12.8 Å². The molecule has 1 heterocycles. The lowest BCUT2D eigenvalue weighted by Gasteiger charge is -2.17. The number of amidine groups is 1. The molecule has 0 unspecified atom stereocenters. The van der Waals surface area contributed by atoms with Crippen LogP contribution in [0.2, 0.25) is 0 Å². The first-order valence-corrected chi connectivity index (χ1v) is 5.27. The van der Waals surface area contributed by atoms with Crippen molar-refractivity contribution in [3.8, 4) is 0 Å². The first-order chi connectivity index (χ1) is 5.33.